The first kappa shape index (κ1) is 12.8. The minimum absolute atomic E-state index is 0.776. The summed E-state index contributed by atoms with van der Waals surface area (Å²) in [6, 6.07) is 9.94. The number of hydrogen-bond donors (Lipinski definition) is 1. The summed E-state index contributed by atoms with van der Waals surface area (Å²) >= 11 is 0. The lowest BCUT2D eigenvalue weighted by Gasteiger charge is -2.06. The van der Waals surface area contributed by atoms with E-state index in [-0.39, 0.29) is 0 Å². The van der Waals surface area contributed by atoms with Crippen molar-refractivity contribution in [3.8, 4) is 5.75 Å². The molecule has 0 fully saturated rings. The van der Waals surface area contributed by atoms with Crippen LogP contribution in [0.4, 0.5) is 0 Å². The molecule has 0 aliphatic heterocycles. The highest BCUT2D eigenvalue weighted by Gasteiger charge is 1.91. The monoisotopic (exact) mass is 219 g/mol. The summed E-state index contributed by atoms with van der Waals surface area (Å²) in [5.41, 5.74) is 0. The van der Waals surface area contributed by atoms with E-state index in [1.807, 2.05) is 36.4 Å². The lowest BCUT2D eigenvalue weighted by Crippen LogP contribution is -2.18. The van der Waals surface area contributed by atoms with Crippen LogP contribution in [0.2, 0.25) is 0 Å². The van der Waals surface area contributed by atoms with Crippen molar-refractivity contribution >= 4 is 0 Å². The van der Waals surface area contributed by atoms with Gasteiger partial charge in [-0.1, -0.05) is 24.3 Å². The predicted molar refractivity (Wildman–Crippen MR) is 68.9 cm³/mol. The Kier molecular flexibility index (Phi) is 7.18. The molecule has 0 heterocycles. The van der Waals surface area contributed by atoms with Crippen molar-refractivity contribution in [2.75, 3.05) is 19.7 Å². The zero-order chi connectivity index (χ0) is 11.5. The molecule has 0 unspecified atom stereocenters. The molecule has 2 heteroatoms. The van der Waals surface area contributed by atoms with Gasteiger partial charge in [-0.25, -0.2) is 0 Å². The zero-order valence-corrected chi connectivity index (χ0v) is 9.82. The molecule has 1 rings (SSSR count). The van der Waals surface area contributed by atoms with Crippen molar-refractivity contribution in [2.45, 2.75) is 19.3 Å². The second-order valence-corrected chi connectivity index (χ2v) is 3.70. The van der Waals surface area contributed by atoms with Gasteiger partial charge in [0.05, 0.1) is 6.61 Å². The van der Waals surface area contributed by atoms with Gasteiger partial charge >= 0.3 is 0 Å². The van der Waals surface area contributed by atoms with Crippen LogP contribution in [0.3, 0.4) is 0 Å². The number of allylic oxidation sites excluding steroid dienone is 1. The van der Waals surface area contributed by atoms with Gasteiger partial charge in [0.25, 0.3) is 0 Å². The number of hydrogen-bond acceptors (Lipinski definition) is 2. The fourth-order valence-corrected chi connectivity index (χ4v) is 1.40. The Morgan fingerprint density at radius 1 is 1.12 bits per heavy atom. The topological polar surface area (TPSA) is 21.3 Å². The van der Waals surface area contributed by atoms with Crippen LogP contribution in [0.25, 0.3) is 0 Å². The van der Waals surface area contributed by atoms with Gasteiger partial charge in [-0.15, -0.1) is 6.58 Å². The fourth-order valence-electron chi connectivity index (χ4n) is 1.40. The number of para-hydroxylation sites is 1. The maximum Gasteiger partial charge on any atom is 0.119 e. The molecular weight excluding hydrogens is 198 g/mol. The van der Waals surface area contributed by atoms with Crippen molar-refractivity contribution in [2.24, 2.45) is 0 Å². The van der Waals surface area contributed by atoms with E-state index in [4.69, 9.17) is 4.74 Å². The Labute approximate surface area is 98.3 Å². The molecule has 0 amide bonds. The molecule has 0 saturated carbocycles. The molecular formula is C14H21NO. The van der Waals surface area contributed by atoms with Crippen molar-refractivity contribution < 1.29 is 4.74 Å². The largest absolute Gasteiger partial charge is 0.494 e. The summed E-state index contributed by atoms with van der Waals surface area (Å²) < 4.78 is 5.58. The third-order valence-electron chi connectivity index (χ3n) is 2.27. The summed E-state index contributed by atoms with van der Waals surface area (Å²) in [5, 5.41) is 3.38. The van der Waals surface area contributed by atoms with Crippen molar-refractivity contribution in [1.82, 2.24) is 5.32 Å². The van der Waals surface area contributed by atoms with E-state index in [0.29, 0.717) is 0 Å². The highest BCUT2D eigenvalue weighted by Crippen LogP contribution is 2.07. The van der Waals surface area contributed by atoms with Crippen molar-refractivity contribution in [1.29, 1.82) is 0 Å². The summed E-state index contributed by atoms with van der Waals surface area (Å²) in [5.74, 6) is 0.953. The molecule has 0 spiro atoms. The van der Waals surface area contributed by atoms with Gasteiger partial charge in [-0.3, -0.25) is 0 Å². The molecule has 0 saturated heterocycles. The number of benzene rings is 1. The Bertz CT molecular complexity index is 271. The minimum atomic E-state index is 0.776. The number of nitrogens with one attached hydrogen (secondary N) is 1. The molecule has 0 radical (unpaired) electrons. The minimum Gasteiger partial charge on any atom is -0.494 e. The van der Waals surface area contributed by atoms with Crippen LogP contribution in [-0.4, -0.2) is 19.7 Å². The molecule has 0 aliphatic rings. The molecule has 1 aromatic rings. The third kappa shape index (κ3) is 6.25. The Morgan fingerprint density at radius 3 is 2.62 bits per heavy atom. The second-order valence-electron chi connectivity index (χ2n) is 3.70. The number of ether oxygens (including phenoxy) is 1. The van der Waals surface area contributed by atoms with Crippen LogP contribution in [0.15, 0.2) is 43.0 Å². The fraction of sp³-hybridized carbons (Fsp3) is 0.429. The highest BCUT2D eigenvalue weighted by molar-refractivity contribution is 5.20. The maximum absolute atomic E-state index is 5.58. The zero-order valence-electron chi connectivity index (χ0n) is 9.82. The lowest BCUT2D eigenvalue weighted by molar-refractivity contribution is 0.308. The average molecular weight is 219 g/mol. The first-order chi connectivity index (χ1) is 7.93. The Balaban J connectivity index is 1.90. The van der Waals surface area contributed by atoms with Crippen LogP contribution >= 0.6 is 0 Å². The quantitative estimate of drug-likeness (QED) is 0.509. The van der Waals surface area contributed by atoms with Crippen LogP contribution in [0.5, 0.6) is 5.75 Å². The van der Waals surface area contributed by atoms with Crippen LogP contribution < -0.4 is 10.1 Å². The van der Waals surface area contributed by atoms with Crippen molar-refractivity contribution in [3.05, 3.63) is 43.0 Å². The van der Waals surface area contributed by atoms with E-state index in [1.54, 1.807) is 0 Å². The van der Waals surface area contributed by atoms with E-state index in [0.717, 1.165) is 38.3 Å². The average Bonchev–Trinajstić information content (AvgIpc) is 2.34. The molecule has 0 bridgehead atoms. The van der Waals surface area contributed by atoms with E-state index >= 15 is 0 Å². The van der Waals surface area contributed by atoms with Gasteiger partial charge in [0, 0.05) is 0 Å². The number of rotatable bonds is 9. The van der Waals surface area contributed by atoms with Gasteiger partial charge in [-0.2, -0.15) is 0 Å². The SMILES string of the molecule is C=CCCCNCCCOc1ccccc1. The van der Waals surface area contributed by atoms with Gasteiger partial charge in [-0.05, 0) is 44.5 Å². The molecule has 0 aromatic heterocycles. The molecule has 2 nitrogen and oxygen atoms in total. The van der Waals surface area contributed by atoms with Crippen LogP contribution in [0.1, 0.15) is 19.3 Å². The van der Waals surface area contributed by atoms with Gasteiger partial charge < -0.3 is 10.1 Å². The first-order valence-corrected chi connectivity index (χ1v) is 5.93. The van der Waals surface area contributed by atoms with E-state index in [1.165, 1.54) is 6.42 Å². The summed E-state index contributed by atoms with van der Waals surface area (Å²) in [6.45, 7) is 6.55. The maximum atomic E-state index is 5.58. The van der Waals surface area contributed by atoms with Gasteiger partial charge in [0.15, 0.2) is 0 Å². The molecule has 88 valence electrons. The standard InChI is InChI=1S/C14H21NO/c1-2-3-7-11-15-12-8-13-16-14-9-5-4-6-10-14/h2,4-6,9-10,15H,1,3,7-8,11-13H2. The summed E-state index contributed by atoms with van der Waals surface area (Å²) in [6.07, 6.45) is 5.26. The smallest absolute Gasteiger partial charge is 0.119 e. The first-order valence-electron chi connectivity index (χ1n) is 5.93. The molecule has 16 heavy (non-hydrogen) atoms. The summed E-state index contributed by atoms with van der Waals surface area (Å²) in [4.78, 5) is 0. The van der Waals surface area contributed by atoms with E-state index in [9.17, 15) is 0 Å². The highest BCUT2D eigenvalue weighted by atomic mass is 16.5. The summed E-state index contributed by atoms with van der Waals surface area (Å²) in [7, 11) is 0. The molecule has 0 aliphatic carbocycles. The van der Waals surface area contributed by atoms with Crippen LogP contribution in [-0.2, 0) is 0 Å². The van der Waals surface area contributed by atoms with E-state index < -0.39 is 0 Å². The normalized spacial score (nSPS) is 10.0. The Hall–Kier alpha value is -1.28. The lowest BCUT2D eigenvalue weighted by atomic mass is 10.3. The Morgan fingerprint density at radius 2 is 1.88 bits per heavy atom. The van der Waals surface area contributed by atoms with E-state index in [2.05, 4.69) is 11.9 Å². The third-order valence-corrected chi connectivity index (χ3v) is 2.27. The van der Waals surface area contributed by atoms with Crippen molar-refractivity contribution in [3.63, 3.8) is 0 Å². The number of unbranched alkanes of at least 4 members (excludes halogenated alkanes) is 1. The molecule has 1 aromatic carbocycles. The van der Waals surface area contributed by atoms with Gasteiger partial charge in [0.1, 0.15) is 5.75 Å². The predicted octanol–water partition coefficient (Wildman–Crippen LogP) is 3.01. The second kappa shape index (κ2) is 8.98. The van der Waals surface area contributed by atoms with Gasteiger partial charge in [0.2, 0.25) is 0 Å². The molecule has 1 N–H and O–H groups in total. The molecule has 0 atom stereocenters. The van der Waals surface area contributed by atoms with Crippen LogP contribution in [0, 0.1) is 0 Å².